The number of urea groups is 1. The predicted molar refractivity (Wildman–Crippen MR) is 93.2 cm³/mol. The molecule has 0 radical (unpaired) electrons. The summed E-state index contributed by atoms with van der Waals surface area (Å²) in [6.45, 7) is -0.0941. The van der Waals surface area contributed by atoms with E-state index in [1.165, 1.54) is 0 Å². The van der Waals surface area contributed by atoms with Gasteiger partial charge in [0, 0.05) is 17.9 Å². The van der Waals surface area contributed by atoms with Crippen molar-refractivity contribution in [2.45, 2.75) is 24.5 Å². The summed E-state index contributed by atoms with van der Waals surface area (Å²) in [7, 11) is 0. The highest BCUT2D eigenvalue weighted by Gasteiger charge is 2.54. The summed E-state index contributed by atoms with van der Waals surface area (Å²) < 4.78 is 0. The number of β-amino-alcohol motifs (C(OH)–C–C–N with tert-alkyl or cyclic N) is 1. The van der Waals surface area contributed by atoms with Gasteiger partial charge in [0.15, 0.2) is 0 Å². The monoisotopic (exact) mass is 356 g/mol. The molecule has 1 aliphatic carbocycles. The molecule has 0 saturated carbocycles. The molecule has 2 aromatic carbocycles. The molecular formula is C19H17ClN2O3. The summed E-state index contributed by atoms with van der Waals surface area (Å²) in [6, 6.07) is 14.1. The molecule has 0 bridgehead atoms. The predicted octanol–water partition coefficient (Wildman–Crippen LogP) is 2.46. The van der Waals surface area contributed by atoms with Crippen molar-refractivity contribution in [3.63, 3.8) is 0 Å². The number of amides is 3. The molecule has 1 atom stereocenters. The molecule has 0 aromatic heterocycles. The van der Waals surface area contributed by atoms with E-state index in [1.807, 2.05) is 24.3 Å². The van der Waals surface area contributed by atoms with Gasteiger partial charge in [0.25, 0.3) is 5.91 Å². The van der Waals surface area contributed by atoms with Crippen LogP contribution < -0.4 is 5.32 Å². The average Bonchev–Trinajstić information content (AvgIpc) is 3.07. The Morgan fingerprint density at radius 2 is 1.80 bits per heavy atom. The first-order chi connectivity index (χ1) is 12.0. The molecule has 2 aliphatic rings. The van der Waals surface area contributed by atoms with Crippen molar-refractivity contribution in [1.29, 1.82) is 0 Å². The molecule has 128 valence electrons. The van der Waals surface area contributed by atoms with Crippen LogP contribution in [0.25, 0.3) is 0 Å². The molecule has 1 unspecified atom stereocenters. The summed E-state index contributed by atoms with van der Waals surface area (Å²) in [4.78, 5) is 26.4. The van der Waals surface area contributed by atoms with E-state index in [4.69, 9.17) is 11.6 Å². The molecule has 5 nitrogen and oxygen atoms in total. The Labute approximate surface area is 150 Å². The number of rotatable bonds is 3. The molecule has 2 N–H and O–H groups in total. The number of halogens is 1. The van der Waals surface area contributed by atoms with E-state index in [9.17, 15) is 14.7 Å². The second-order valence-corrected chi connectivity index (χ2v) is 7.06. The van der Waals surface area contributed by atoms with Crippen LogP contribution in [0.3, 0.4) is 0 Å². The third-order valence-electron chi connectivity index (χ3n) is 4.94. The zero-order valence-corrected chi connectivity index (χ0v) is 14.2. The highest BCUT2D eigenvalue weighted by Crippen LogP contribution is 2.35. The second-order valence-electron chi connectivity index (χ2n) is 6.62. The third-order valence-corrected chi connectivity index (χ3v) is 5.17. The number of hydrogen-bond donors (Lipinski definition) is 2. The zero-order chi connectivity index (χ0) is 17.6. The minimum Gasteiger partial charge on any atom is -0.387 e. The fraction of sp³-hybridized carbons (Fsp3) is 0.263. The summed E-state index contributed by atoms with van der Waals surface area (Å²) in [5, 5.41) is 13.8. The topological polar surface area (TPSA) is 69.6 Å². The molecule has 4 rings (SSSR count). The number of nitrogens with one attached hydrogen (secondary N) is 1. The van der Waals surface area contributed by atoms with Crippen molar-refractivity contribution in [3.05, 3.63) is 70.2 Å². The lowest BCUT2D eigenvalue weighted by molar-refractivity contribution is -0.132. The molecule has 3 amide bonds. The molecular weight excluding hydrogens is 340 g/mol. The lowest BCUT2D eigenvalue weighted by Gasteiger charge is -2.22. The molecule has 1 heterocycles. The Balaban J connectivity index is 1.55. The van der Waals surface area contributed by atoms with Crippen molar-refractivity contribution in [3.8, 4) is 0 Å². The van der Waals surface area contributed by atoms with Crippen molar-refractivity contribution < 1.29 is 14.7 Å². The van der Waals surface area contributed by atoms with Gasteiger partial charge in [0.2, 0.25) is 0 Å². The Morgan fingerprint density at radius 3 is 2.44 bits per heavy atom. The van der Waals surface area contributed by atoms with Gasteiger partial charge in [-0.3, -0.25) is 9.69 Å². The first kappa shape index (κ1) is 16.1. The summed E-state index contributed by atoms with van der Waals surface area (Å²) in [6.07, 6.45) is -0.0120. The maximum absolute atomic E-state index is 12.9. The van der Waals surface area contributed by atoms with Crippen LogP contribution >= 0.6 is 11.6 Å². The van der Waals surface area contributed by atoms with E-state index >= 15 is 0 Å². The van der Waals surface area contributed by atoms with Gasteiger partial charge in [0.05, 0.1) is 12.6 Å². The standard InChI is InChI=1S/C19H17ClN2O3/c20-15-7-3-6-12(8-15)16(23)11-22-17(24)19(21-18(22)25)9-13-4-1-2-5-14(13)10-19/h1-8,16,23H,9-11H2,(H,21,25). The Hall–Kier alpha value is -2.37. The largest absolute Gasteiger partial charge is 0.387 e. The van der Waals surface area contributed by atoms with Crippen LogP contribution in [0.4, 0.5) is 4.79 Å². The van der Waals surface area contributed by atoms with Crippen molar-refractivity contribution in [2.75, 3.05) is 6.54 Å². The number of nitrogens with zero attached hydrogens (tertiary/aromatic N) is 1. The van der Waals surface area contributed by atoms with E-state index in [0.717, 1.165) is 16.0 Å². The maximum Gasteiger partial charge on any atom is 0.325 e. The Bertz CT molecular complexity index is 842. The van der Waals surface area contributed by atoms with E-state index in [-0.39, 0.29) is 12.5 Å². The van der Waals surface area contributed by atoms with E-state index in [0.29, 0.717) is 23.4 Å². The summed E-state index contributed by atoms with van der Waals surface area (Å²) >= 11 is 5.94. The van der Waals surface area contributed by atoms with Crippen LogP contribution in [0.15, 0.2) is 48.5 Å². The van der Waals surface area contributed by atoms with Gasteiger partial charge in [-0.15, -0.1) is 0 Å². The van der Waals surface area contributed by atoms with Gasteiger partial charge in [0.1, 0.15) is 5.54 Å². The first-order valence-corrected chi connectivity index (χ1v) is 8.51. The lowest BCUT2D eigenvalue weighted by Crippen LogP contribution is -2.48. The normalized spacial score (nSPS) is 19.2. The van der Waals surface area contributed by atoms with Crippen LogP contribution in [0, 0.1) is 0 Å². The zero-order valence-electron chi connectivity index (χ0n) is 13.4. The lowest BCUT2D eigenvalue weighted by atomic mass is 9.95. The molecule has 25 heavy (non-hydrogen) atoms. The summed E-state index contributed by atoms with van der Waals surface area (Å²) in [5.41, 5.74) is 1.81. The number of carbonyl (C=O) groups excluding carboxylic acids is 2. The fourth-order valence-corrected chi connectivity index (χ4v) is 3.89. The van der Waals surface area contributed by atoms with Crippen molar-refractivity contribution in [1.82, 2.24) is 10.2 Å². The second kappa shape index (κ2) is 5.86. The molecule has 1 fully saturated rings. The number of benzene rings is 2. The van der Waals surface area contributed by atoms with Crippen molar-refractivity contribution in [2.24, 2.45) is 0 Å². The number of aliphatic hydroxyl groups excluding tert-OH is 1. The number of fused-ring (bicyclic) bond motifs is 1. The van der Waals surface area contributed by atoms with E-state index < -0.39 is 17.7 Å². The average molecular weight is 357 g/mol. The smallest absolute Gasteiger partial charge is 0.325 e. The van der Waals surface area contributed by atoms with Crippen LogP contribution in [0.1, 0.15) is 22.8 Å². The molecule has 6 heteroatoms. The van der Waals surface area contributed by atoms with Crippen LogP contribution in [0.5, 0.6) is 0 Å². The van der Waals surface area contributed by atoms with Crippen LogP contribution in [0.2, 0.25) is 5.02 Å². The van der Waals surface area contributed by atoms with Crippen LogP contribution in [-0.4, -0.2) is 34.0 Å². The van der Waals surface area contributed by atoms with Crippen molar-refractivity contribution >= 4 is 23.5 Å². The van der Waals surface area contributed by atoms with E-state index in [1.54, 1.807) is 24.3 Å². The number of aliphatic hydroxyl groups is 1. The minimum atomic E-state index is -0.979. The Kier molecular flexibility index (Phi) is 3.78. The minimum absolute atomic E-state index is 0.0941. The van der Waals surface area contributed by atoms with Gasteiger partial charge in [-0.25, -0.2) is 4.79 Å². The van der Waals surface area contributed by atoms with Crippen LogP contribution in [-0.2, 0) is 17.6 Å². The molecule has 1 spiro atoms. The van der Waals surface area contributed by atoms with Gasteiger partial charge < -0.3 is 10.4 Å². The number of imide groups is 1. The first-order valence-electron chi connectivity index (χ1n) is 8.13. The summed E-state index contributed by atoms with van der Waals surface area (Å²) in [5.74, 6) is -0.283. The third kappa shape index (κ3) is 2.69. The van der Waals surface area contributed by atoms with Gasteiger partial charge in [-0.2, -0.15) is 0 Å². The maximum atomic E-state index is 12.9. The fourth-order valence-electron chi connectivity index (χ4n) is 3.69. The van der Waals surface area contributed by atoms with E-state index in [2.05, 4.69) is 5.32 Å². The van der Waals surface area contributed by atoms with Gasteiger partial charge in [-0.05, 0) is 28.8 Å². The molecule has 2 aromatic rings. The molecule has 1 aliphatic heterocycles. The Morgan fingerprint density at radius 1 is 1.12 bits per heavy atom. The number of carbonyl (C=O) groups is 2. The quantitative estimate of drug-likeness (QED) is 0.830. The number of hydrogen-bond acceptors (Lipinski definition) is 3. The van der Waals surface area contributed by atoms with Gasteiger partial charge >= 0.3 is 6.03 Å². The highest BCUT2D eigenvalue weighted by atomic mass is 35.5. The SMILES string of the molecule is O=C1NC2(Cc3ccccc3C2)C(=O)N1CC(O)c1cccc(Cl)c1. The highest BCUT2D eigenvalue weighted by molar-refractivity contribution is 6.30. The van der Waals surface area contributed by atoms with Gasteiger partial charge in [-0.1, -0.05) is 48.0 Å². The molecule has 1 saturated heterocycles.